The second-order valence-corrected chi connectivity index (χ2v) is 6.30. The van der Waals surface area contributed by atoms with E-state index in [-0.39, 0.29) is 23.1 Å². The minimum atomic E-state index is -0.372. The molecule has 23 heavy (non-hydrogen) atoms. The lowest BCUT2D eigenvalue weighted by atomic mass is 10.1. The van der Waals surface area contributed by atoms with Crippen LogP contribution in [0.5, 0.6) is 0 Å². The summed E-state index contributed by atoms with van der Waals surface area (Å²) >= 11 is 1.36. The van der Waals surface area contributed by atoms with Gasteiger partial charge in [-0.05, 0) is 25.3 Å². The van der Waals surface area contributed by atoms with Gasteiger partial charge in [0.05, 0.1) is 0 Å². The van der Waals surface area contributed by atoms with Crippen molar-refractivity contribution in [1.29, 1.82) is 0 Å². The maximum absolute atomic E-state index is 12.3. The molecule has 0 saturated carbocycles. The van der Waals surface area contributed by atoms with E-state index in [9.17, 15) is 9.59 Å². The Hall–Kier alpha value is -2.47. The van der Waals surface area contributed by atoms with Crippen molar-refractivity contribution in [2.45, 2.75) is 25.8 Å². The summed E-state index contributed by atoms with van der Waals surface area (Å²) in [6.07, 6.45) is 4.67. The number of carbonyl (C=O) groups excluding carboxylic acids is 1. The van der Waals surface area contributed by atoms with E-state index in [0.29, 0.717) is 4.96 Å². The van der Waals surface area contributed by atoms with E-state index in [2.05, 4.69) is 22.4 Å². The minimum Gasteiger partial charge on any atom is -0.349 e. The van der Waals surface area contributed by atoms with E-state index >= 15 is 0 Å². The van der Waals surface area contributed by atoms with Crippen molar-refractivity contribution in [3.63, 3.8) is 0 Å². The first kappa shape index (κ1) is 15.4. The summed E-state index contributed by atoms with van der Waals surface area (Å²) in [5.74, 6) is -0.372. The Bertz CT molecular complexity index is 870. The Kier molecular flexibility index (Phi) is 4.52. The fraction of sp³-hybridized carbons (Fsp3) is 0.235. The molecule has 0 aliphatic carbocycles. The van der Waals surface area contributed by atoms with Crippen molar-refractivity contribution in [2.75, 3.05) is 0 Å². The molecule has 1 N–H and O–H groups in total. The number of aromatic nitrogens is 2. The number of thiazole rings is 1. The third-order valence-electron chi connectivity index (χ3n) is 3.67. The predicted octanol–water partition coefficient (Wildman–Crippen LogP) is 2.51. The van der Waals surface area contributed by atoms with Crippen LogP contribution in [-0.2, 0) is 6.42 Å². The van der Waals surface area contributed by atoms with E-state index in [4.69, 9.17) is 0 Å². The van der Waals surface area contributed by atoms with Crippen molar-refractivity contribution in [1.82, 2.24) is 14.7 Å². The molecule has 2 aromatic heterocycles. The molecule has 118 valence electrons. The number of aryl methyl sites for hydroxylation is 1. The monoisotopic (exact) mass is 327 g/mol. The van der Waals surface area contributed by atoms with Crippen LogP contribution < -0.4 is 10.9 Å². The number of nitrogens with one attached hydrogen (secondary N) is 1. The van der Waals surface area contributed by atoms with Crippen LogP contribution >= 0.6 is 11.3 Å². The zero-order valence-corrected chi connectivity index (χ0v) is 13.5. The second kappa shape index (κ2) is 6.75. The molecule has 3 aromatic rings. The van der Waals surface area contributed by atoms with E-state index < -0.39 is 0 Å². The fourth-order valence-corrected chi connectivity index (χ4v) is 3.06. The molecule has 1 aromatic carbocycles. The van der Waals surface area contributed by atoms with Gasteiger partial charge in [-0.2, -0.15) is 0 Å². The first-order valence-corrected chi connectivity index (χ1v) is 8.33. The Morgan fingerprint density at radius 1 is 1.35 bits per heavy atom. The number of benzene rings is 1. The summed E-state index contributed by atoms with van der Waals surface area (Å²) in [5.41, 5.74) is 0.978. The summed E-state index contributed by atoms with van der Waals surface area (Å²) in [6, 6.07) is 10.1. The molecule has 0 aliphatic rings. The van der Waals surface area contributed by atoms with Crippen molar-refractivity contribution in [2.24, 2.45) is 0 Å². The van der Waals surface area contributed by atoms with Crippen molar-refractivity contribution in [3.8, 4) is 0 Å². The number of fused-ring (bicyclic) bond motifs is 1. The van der Waals surface area contributed by atoms with Gasteiger partial charge < -0.3 is 5.32 Å². The van der Waals surface area contributed by atoms with Crippen LogP contribution in [0, 0.1) is 0 Å². The van der Waals surface area contributed by atoms with Crippen LogP contribution in [0.25, 0.3) is 4.96 Å². The number of nitrogens with zero attached hydrogens (tertiary/aromatic N) is 2. The Balaban J connectivity index is 1.65. The van der Waals surface area contributed by atoms with Crippen LogP contribution in [0.15, 0.2) is 52.9 Å². The van der Waals surface area contributed by atoms with Crippen LogP contribution in [0.1, 0.15) is 29.3 Å². The normalized spacial score (nSPS) is 12.2. The maximum Gasteiger partial charge on any atom is 0.271 e. The highest BCUT2D eigenvalue weighted by molar-refractivity contribution is 7.15. The standard InChI is InChI=1S/C17H17N3O2S/c1-12(7-8-13-5-3-2-4-6-13)19-15(21)14-11-18-17-20(16(14)22)9-10-23-17/h2-6,9-12H,7-8H2,1H3,(H,19,21)/t12-/m0/s1. The lowest BCUT2D eigenvalue weighted by Gasteiger charge is -2.13. The van der Waals surface area contributed by atoms with Crippen molar-refractivity contribution < 1.29 is 4.79 Å². The van der Waals surface area contributed by atoms with Gasteiger partial charge in [0.1, 0.15) is 5.56 Å². The molecule has 3 rings (SSSR count). The third-order valence-corrected chi connectivity index (χ3v) is 4.44. The molecule has 5 nitrogen and oxygen atoms in total. The van der Waals surface area contributed by atoms with Gasteiger partial charge in [-0.25, -0.2) is 4.98 Å². The molecule has 0 aliphatic heterocycles. The lowest BCUT2D eigenvalue weighted by Crippen LogP contribution is -2.37. The van der Waals surface area contributed by atoms with Crippen LogP contribution in [-0.4, -0.2) is 21.3 Å². The number of hydrogen-bond donors (Lipinski definition) is 1. The molecule has 0 unspecified atom stereocenters. The average molecular weight is 327 g/mol. The van der Waals surface area contributed by atoms with Gasteiger partial charge in [-0.15, -0.1) is 11.3 Å². The molecule has 0 spiro atoms. The molecule has 1 amide bonds. The summed E-state index contributed by atoms with van der Waals surface area (Å²) in [5, 5.41) is 4.65. The molecular formula is C17H17N3O2S. The van der Waals surface area contributed by atoms with Gasteiger partial charge >= 0.3 is 0 Å². The average Bonchev–Trinajstić information content (AvgIpc) is 3.04. The van der Waals surface area contributed by atoms with E-state index in [0.717, 1.165) is 12.8 Å². The van der Waals surface area contributed by atoms with Gasteiger partial charge in [0.2, 0.25) is 0 Å². The summed E-state index contributed by atoms with van der Waals surface area (Å²) in [6.45, 7) is 1.94. The lowest BCUT2D eigenvalue weighted by molar-refractivity contribution is 0.0936. The van der Waals surface area contributed by atoms with Gasteiger partial charge in [-0.3, -0.25) is 14.0 Å². The molecular weight excluding hydrogens is 310 g/mol. The van der Waals surface area contributed by atoms with E-state index in [1.807, 2.05) is 25.1 Å². The number of carbonyl (C=O) groups is 1. The van der Waals surface area contributed by atoms with E-state index in [1.54, 1.807) is 11.6 Å². The van der Waals surface area contributed by atoms with Crippen LogP contribution in [0.2, 0.25) is 0 Å². The van der Waals surface area contributed by atoms with Gasteiger partial charge in [-0.1, -0.05) is 30.3 Å². The quantitative estimate of drug-likeness (QED) is 0.783. The Morgan fingerprint density at radius 3 is 2.91 bits per heavy atom. The maximum atomic E-state index is 12.3. The SMILES string of the molecule is C[C@@H](CCc1ccccc1)NC(=O)c1cnc2sccn2c1=O. The van der Waals surface area contributed by atoms with Gasteiger partial charge in [0.25, 0.3) is 11.5 Å². The predicted molar refractivity (Wildman–Crippen MR) is 91.0 cm³/mol. The largest absolute Gasteiger partial charge is 0.349 e. The highest BCUT2D eigenvalue weighted by Gasteiger charge is 2.15. The highest BCUT2D eigenvalue weighted by atomic mass is 32.1. The zero-order valence-electron chi connectivity index (χ0n) is 12.7. The first-order valence-electron chi connectivity index (χ1n) is 7.45. The topological polar surface area (TPSA) is 63.5 Å². The molecule has 0 radical (unpaired) electrons. The van der Waals surface area contributed by atoms with Crippen molar-refractivity contribution in [3.05, 3.63) is 69.6 Å². The first-order chi connectivity index (χ1) is 11.1. The third kappa shape index (κ3) is 3.48. The van der Waals surface area contributed by atoms with Crippen LogP contribution in [0.4, 0.5) is 0 Å². The minimum absolute atomic E-state index is 0.0229. The smallest absolute Gasteiger partial charge is 0.271 e. The fourth-order valence-electron chi connectivity index (χ4n) is 2.38. The summed E-state index contributed by atoms with van der Waals surface area (Å²) < 4.78 is 1.40. The second-order valence-electron chi connectivity index (χ2n) is 5.43. The molecule has 0 bridgehead atoms. The molecule has 0 saturated heterocycles. The highest BCUT2D eigenvalue weighted by Crippen LogP contribution is 2.07. The van der Waals surface area contributed by atoms with Crippen LogP contribution in [0.3, 0.4) is 0 Å². The summed E-state index contributed by atoms with van der Waals surface area (Å²) in [7, 11) is 0. The van der Waals surface area contributed by atoms with E-state index in [1.165, 1.54) is 27.5 Å². The molecule has 0 fully saturated rings. The van der Waals surface area contributed by atoms with Crippen molar-refractivity contribution >= 4 is 22.2 Å². The molecule has 6 heteroatoms. The zero-order chi connectivity index (χ0) is 16.2. The Labute approximate surface area is 137 Å². The molecule has 2 heterocycles. The van der Waals surface area contributed by atoms with Gasteiger partial charge in [0.15, 0.2) is 4.96 Å². The van der Waals surface area contributed by atoms with Gasteiger partial charge in [0, 0.05) is 23.8 Å². The molecule has 1 atom stereocenters. The number of amides is 1. The summed E-state index contributed by atoms with van der Waals surface area (Å²) in [4.78, 5) is 29.3. The number of hydrogen-bond acceptors (Lipinski definition) is 4. The Morgan fingerprint density at radius 2 is 2.13 bits per heavy atom. The number of rotatable bonds is 5.